The monoisotopic (exact) mass is 286 g/mol. The first-order valence-corrected chi connectivity index (χ1v) is 7.14. The van der Waals surface area contributed by atoms with Gasteiger partial charge < -0.3 is 5.11 Å². The van der Waals surface area contributed by atoms with Gasteiger partial charge in [0.1, 0.15) is 5.76 Å². The molecule has 0 saturated heterocycles. The number of allylic oxidation sites excluding steroid dienone is 8. The van der Waals surface area contributed by atoms with E-state index in [9.17, 15) is 9.90 Å². The van der Waals surface area contributed by atoms with Gasteiger partial charge in [0.25, 0.3) is 0 Å². The number of ketones is 1. The van der Waals surface area contributed by atoms with Gasteiger partial charge in [-0.3, -0.25) is 4.79 Å². The van der Waals surface area contributed by atoms with Gasteiger partial charge in [0.2, 0.25) is 0 Å². The number of aliphatic hydroxyl groups is 1. The normalized spacial score (nSPS) is 13.3. The molecule has 0 atom stereocenters. The predicted octanol–water partition coefficient (Wildman–Crippen LogP) is 5.05. The van der Waals surface area contributed by atoms with E-state index in [1.165, 1.54) is 25.0 Å². The Labute approximate surface area is 129 Å². The molecule has 0 rings (SSSR count). The molecule has 0 unspecified atom stereocenters. The van der Waals surface area contributed by atoms with Crippen molar-refractivity contribution in [1.29, 1.82) is 0 Å². The quantitative estimate of drug-likeness (QED) is 0.234. The summed E-state index contributed by atoms with van der Waals surface area (Å²) in [7, 11) is 0. The Balaban J connectivity index is 4.94. The van der Waals surface area contributed by atoms with Crippen molar-refractivity contribution in [2.75, 3.05) is 0 Å². The van der Waals surface area contributed by atoms with E-state index in [0.29, 0.717) is 17.6 Å². The molecule has 1 N–H and O–H groups in total. The van der Waals surface area contributed by atoms with Gasteiger partial charge in [0.15, 0.2) is 5.78 Å². The number of terminal acetylenes is 1. The topological polar surface area (TPSA) is 37.3 Å². The Morgan fingerprint density at radius 3 is 2.19 bits per heavy atom. The lowest BCUT2D eigenvalue weighted by Crippen LogP contribution is -1.97. The number of aliphatic hydroxyl groups excluding tert-OH is 1. The average molecular weight is 286 g/mol. The molecule has 0 radical (unpaired) electrons. The number of rotatable bonds is 7. The molecular weight excluding hydrogens is 260 g/mol. The largest absolute Gasteiger partial charge is 0.511 e. The zero-order valence-corrected chi connectivity index (χ0v) is 13.8. The third kappa shape index (κ3) is 8.70. The third-order valence-corrected chi connectivity index (χ3v) is 3.08. The summed E-state index contributed by atoms with van der Waals surface area (Å²) < 4.78 is 0. The number of carbonyl (C=O) groups excluding carboxylic acids is 1. The summed E-state index contributed by atoms with van der Waals surface area (Å²) in [5.41, 5.74) is 3.52. The fourth-order valence-corrected chi connectivity index (χ4v) is 1.70. The molecule has 0 aromatic carbocycles. The SMILES string of the molecule is C#CC(C=C(C/C=C(\C)CCC=C(C)C)C(C)=O)=C(C)O. The Bertz CT molecular complexity index is 526. The van der Waals surface area contributed by atoms with Gasteiger partial charge in [-0.05, 0) is 65.5 Å². The molecular formula is C19H26O2. The molecule has 0 fully saturated rings. The number of hydrogen-bond acceptors (Lipinski definition) is 2. The lowest BCUT2D eigenvalue weighted by Gasteiger charge is -2.03. The summed E-state index contributed by atoms with van der Waals surface area (Å²) in [5.74, 6) is 2.42. The van der Waals surface area contributed by atoms with Crippen LogP contribution >= 0.6 is 0 Å². The van der Waals surface area contributed by atoms with Gasteiger partial charge in [-0.15, -0.1) is 6.42 Å². The maximum atomic E-state index is 11.7. The highest BCUT2D eigenvalue weighted by atomic mass is 16.3. The van der Waals surface area contributed by atoms with Crippen LogP contribution in [0, 0.1) is 12.3 Å². The first-order chi connectivity index (χ1) is 9.77. The van der Waals surface area contributed by atoms with Crippen molar-refractivity contribution in [3.05, 3.63) is 46.3 Å². The molecule has 0 aliphatic rings. The minimum Gasteiger partial charge on any atom is -0.511 e. The average Bonchev–Trinajstić information content (AvgIpc) is 2.37. The molecule has 0 spiro atoms. The molecule has 0 amide bonds. The molecule has 0 aromatic rings. The van der Waals surface area contributed by atoms with Gasteiger partial charge in [0, 0.05) is 0 Å². The van der Waals surface area contributed by atoms with E-state index in [2.05, 4.69) is 32.8 Å². The van der Waals surface area contributed by atoms with Crippen LogP contribution in [0.4, 0.5) is 0 Å². The minimum atomic E-state index is -0.0302. The van der Waals surface area contributed by atoms with Gasteiger partial charge in [0.05, 0.1) is 5.57 Å². The van der Waals surface area contributed by atoms with Gasteiger partial charge in [-0.25, -0.2) is 0 Å². The van der Waals surface area contributed by atoms with E-state index in [1.807, 2.05) is 6.08 Å². The zero-order valence-electron chi connectivity index (χ0n) is 13.8. The number of Topliss-reactive ketones (excluding diaryl/α,β-unsaturated/α-hetero) is 1. The summed E-state index contributed by atoms with van der Waals surface area (Å²) in [6.07, 6.45) is 13.7. The third-order valence-electron chi connectivity index (χ3n) is 3.08. The molecule has 0 heterocycles. The van der Waals surface area contributed by atoms with Gasteiger partial charge in [-0.2, -0.15) is 0 Å². The van der Waals surface area contributed by atoms with Crippen LogP contribution in [0.1, 0.15) is 53.9 Å². The highest BCUT2D eigenvalue weighted by molar-refractivity contribution is 5.94. The molecule has 0 aliphatic heterocycles. The van der Waals surface area contributed by atoms with Crippen LogP contribution in [0.3, 0.4) is 0 Å². The smallest absolute Gasteiger partial charge is 0.156 e. The standard InChI is InChI=1S/C19H26O2/c1-7-18(16(5)20)13-19(17(6)21)12-11-15(4)10-8-9-14(2)3/h1,9,11,13,20H,8,10,12H2,2-6H3/b15-11+,18-16?,19-13?. The highest BCUT2D eigenvalue weighted by Gasteiger charge is 2.05. The summed E-state index contributed by atoms with van der Waals surface area (Å²) >= 11 is 0. The van der Waals surface area contributed by atoms with Crippen LogP contribution in [-0.2, 0) is 4.79 Å². The summed E-state index contributed by atoms with van der Waals surface area (Å²) in [5, 5.41) is 9.45. The Morgan fingerprint density at radius 1 is 1.14 bits per heavy atom. The van der Waals surface area contributed by atoms with Crippen molar-refractivity contribution in [2.45, 2.75) is 53.9 Å². The van der Waals surface area contributed by atoms with Crippen LogP contribution in [0.25, 0.3) is 0 Å². The highest BCUT2D eigenvalue weighted by Crippen LogP contribution is 2.14. The molecule has 0 bridgehead atoms. The Hall–Kier alpha value is -2.01. The first kappa shape index (κ1) is 19.0. The van der Waals surface area contributed by atoms with Crippen molar-refractivity contribution in [2.24, 2.45) is 0 Å². The van der Waals surface area contributed by atoms with Crippen molar-refractivity contribution in [1.82, 2.24) is 0 Å². The fourth-order valence-electron chi connectivity index (χ4n) is 1.70. The van der Waals surface area contributed by atoms with Crippen LogP contribution < -0.4 is 0 Å². The summed E-state index contributed by atoms with van der Waals surface area (Å²) in [4.78, 5) is 11.7. The van der Waals surface area contributed by atoms with Crippen molar-refractivity contribution < 1.29 is 9.90 Å². The minimum absolute atomic E-state index is 0.0302. The Morgan fingerprint density at radius 2 is 1.76 bits per heavy atom. The first-order valence-electron chi connectivity index (χ1n) is 7.14. The van der Waals surface area contributed by atoms with E-state index in [-0.39, 0.29) is 11.5 Å². The van der Waals surface area contributed by atoms with E-state index in [1.54, 1.807) is 6.08 Å². The zero-order chi connectivity index (χ0) is 16.4. The van der Waals surface area contributed by atoms with Gasteiger partial charge >= 0.3 is 0 Å². The molecule has 21 heavy (non-hydrogen) atoms. The second-order valence-electron chi connectivity index (χ2n) is 5.44. The van der Waals surface area contributed by atoms with Crippen LogP contribution in [0.15, 0.2) is 46.3 Å². The molecule has 0 aliphatic carbocycles. The van der Waals surface area contributed by atoms with E-state index >= 15 is 0 Å². The maximum Gasteiger partial charge on any atom is 0.156 e. The summed E-state index contributed by atoms with van der Waals surface area (Å²) in [6, 6.07) is 0. The summed E-state index contributed by atoms with van der Waals surface area (Å²) in [6.45, 7) is 9.26. The fraction of sp³-hybridized carbons (Fsp3) is 0.421. The van der Waals surface area contributed by atoms with Crippen LogP contribution in [0.2, 0.25) is 0 Å². The Kier molecular flexibility index (Phi) is 8.88. The lowest BCUT2D eigenvalue weighted by molar-refractivity contribution is -0.113. The second-order valence-corrected chi connectivity index (χ2v) is 5.44. The predicted molar refractivity (Wildman–Crippen MR) is 90.0 cm³/mol. The van der Waals surface area contributed by atoms with Crippen LogP contribution in [0.5, 0.6) is 0 Å². The number of carbonyl (C=O) groups is 1. The maximum absolute atomic E-state index is 11.7. The lowest BCUT2D eigenvalue weighted by atomic mass is 10.0. The molecule has 2 nitrogen and oxygen atoms in total. The van der Waals surface area contributed by atoms with Crippen molar-refractivity contribution in [3.8, 4) is 12.3 Å². The molecule has 0 saturated carbocycles. The van der Waals surface area contributed by atoms with Crippen LogP contribution in [-0.4, -0.2) is 10.9 Å². The van der Waals surface area contributed by atoms with Gasteiger partial charge in [-0.1, -0.05) is 29.2 Å². The second kappa shape index (κ2) is 9.83. The van der Waals surface area contributed by atoms with E-state index in [0.717, 1.165) is 12.8 Å². The number of hydrogen-bond donors (Lipinski definition) is 1. The van der Waals surface area contributed by atoms with Crippen molar-refractivity contribution in [3.63, 3.8) is 0 Å². The van der Waals surface area contributed by atoms with E-state index in [4.69, 9.17) is 6.42 Å². The van der Waals surface area contributed by atoms with E-state index < -0.39 is 0 Å². The molecule has 2 heteroatoms. The molecule has 114 valence electrons. The van der Waals surface area contributed by atoms with Crippen molar-refractivity contribution >= 4 is 5.78 Å². The molecule has 0 aromatic heterocycles.